The summed E-state index contributed by atoms with van der Waals surface area (Å²) in [7, 11) is 0. The molecule has 0 aromatic carbocycles. The molecule has 13 heavy (non-hydrogen) atoms. The van der Waals surface area contributed by atoms with E-state index in [2.05, 4.69) is 0 Å². The molecule has 1 atom stereocenters. The smallest absolute Gasteiger partial charge is 0.291 e. The predicted octanol–water partition coefficient (Wildman–Crippen LogP) is 1.10. The van der Waals surface area contributed by atoms with Crippen molar-refractivity contribution < 1.29 is 13.9 Å². The Hall–Kier alpha value is -1.29. The number of furan rings is 1. The van der Waals surface area contributed by atoms with Crippen LogP contribution in [0.3, 0.4) is 0 Å². The Bertz CT molecular complexity index is 294. The maximum absolute atomic E-state index is 11.7. The molecule has 1 aliphatic rings. The van der Waals surface area contributed by atoms with Crippen molar-refractivity contribution >= 4 is 5.91 Å². The molecule has 0 radical (unpaired) electrons. The minimum absolute atomic E-state index is 0.102. The van der Waals surface area contributed by atoms with Gasteiger partial charge in [0.15, 0.2) is 5.76 Å². The SMILES string of the molecule is CC1OCCN1C(=O)c1ccco1. The van der Waals surface area contributed by atoms with Crippen molar-refractivity contribution in [1.82, 2.24) is 4.90 Å². The number of carbonyl (C=O) groups is 1. The summed E-state index contributed by atoms with van der Waals surface area (Å²) in [6.07, 6.45) is 1.35. The monoisotopic (exact) mass is 181 g/mol. The quantitative estimate of drug-likeness (QED) is 0.651. The van der Waals surface area contributed by atoms with E-state index >= 15 is 0 Å². The van der Waals surface area contributed by atoms with Gasteiger partial charge in [0.1, 0.15) is 6.23 Å². The molecule has 2 heterocycles. The van der Waals surface area contributed by atoms with Gasteiger partial charge in [-0.15, -0.1) is 0 Å². The van der Waals surface area contributed by atoms with Crippen molar-refractivity contribution in [3.8, 4) is 0 Å². The summed E-state index contributed by atoms with van der Waals surface area (Å²) in [5.41, 5.74) is 0. The molecule has 1 unspecified atom stereocenters. The van der Waals surface area contributed by atoms with Crippen LogP contribution in [0, 0.1) is 0 Å². The summed E-state index contributed by atoms with van der Waals surface area (Å²) in [4.78, 5) is 13.3. The molecule has 0 aliphatic carbocycles. The van der Waals surface area contributed by atoms with Crippen molar-refractivity contribution in [2.45, 2.75) is 13.2 Å². The van der Waals surface area contributed by atoms with Gasteiger partial charge in [-0.3, -0.25) is 4.79 Å². The van der Waals surface area contributed by atoms with E-state index in [0.29, 0.717) is 18.9 Å². The summed E-state index contributed by atoms with van der Waals surface area (Å²) >= 11 is 0. The van der Waals surface area contributed by atoms with Crippen LogP contribution in [-0.4, -0.2) is 30.2 Å². The van der Waals surface area contributed by atoms with E-state index in [9.17, 15) is 4.79 Å². The summed E-state index contributed by atoms with van der Waals surface area (Å²) in [5, 5.41) is 0. The first-order valence-corrected chi connectivity index (χ1v) is 4.25. The van der Waals surface area contributed by atoms with Crippen LogP contribution < -0.4 is 0 Å². The first-order chi connectivity index (χ1) is 6.29. The molecule has 1 aromatic rings. The third kappa shape index (κ3) is 1.45. The fourth-order valence-corrected chi connectivity index (χ4v) is 1.40. The van der Waals surface area contributed by atoms with Crippen LogP contribution in [0.5, 0.6) is 0 Å². The molecule has 1 aromatic heterocycles. The molecule has 4 heteroatoms. The molecule has 4 nitrogen and oxygen atoms in total. The highest BCUT2D eigenvalue weighted by molar-refractivity contribution is 5.91. The van der Waals surface area contributed by atoms with E-state index in [4.69, 9.17) is 9.15 Å². The van der Waals surface area contributed by atoms with E-state index in [1.807, 2.05) is 6.92 Å². The number of carbonyl (C=O) groups excluding carboxylic acids is 1. The first kappa shape index (κ1) is 8.31. The largest absolute Gasteiger partial charge is 0.459 e. The summed E-state index contributed by atoms with van der Waals surface area (Å²) in [5.74, 6) is 0.271. The molecule has 0 bridgehead atoms. The number of rotatable bonds is 1. The molecular weight excluding hydrogens is 170 g/mol. The van der Waals surface area contributed by atoms with Crippen LogP contribution in [0.15, 0.2) is 22.8 Å². The average Bonchev–Trinajstić information content (AvgIpc) is 2.72. The fraction of sp³-hybridized carbons (Fsp3) is 0.444. The zero-order valence-corrected chi connectivity index (χ0v) is 7.40. The zero-order chi connectivity index (χ0) is 9.26. The molecule has 0 saturated carbocycles. The number of hydrogen-bond acceptors (Lipinski definition) is 3. The van der Waals surface area contributed by atoms with Crippen LogP contribution in [0.2, 0.25) is 0 Å². The third-order valence-corrected chi connectivity index (χ3v) is 2.12. The minimum atomic E-state index is -0.141. The van der Waals surface area contributed by atoms with E-state index in [1.54, 1.807) is 17.0 Å². The van der Waals surface area contributed by atoms with Crippen molar-refractivity contribution in [3.63, 3.8) is 0 Å². The van der Waals surface area contributed by atoms with E-state index in [1.165, 1.54) is 6.26 Å². The average molecular weight is 181 g/mol. The topological polar surface area (TPSA) is 42.7 Å². The highest BCUT2D eigenvalue weighted by Crippen LogP contribution is 2.14. The molecule has 2 rings (SSSR count). The molecule has 1 amide bonds. The van der Waals surface area contributed by atoms with E-state index in [-0.39, 0.29) is 12.1 Å². The molecule has 0 spiro atoms. The number of hydrogen-bond donors (Lipinski definition) is 0. The number of ether oxygens (including phenoxy) is 1. The lowest BCUT2D eigenvalue weighted by Crippen LogP contribution is -2.33. The standard InChI is InChI=1S/C9H11NO3/c1-7-10(4-6-12-7)9(11)8-3-2-5-13-8/h2-3,5,7H,4,6H2,1H3. The predicted molar refractivity (Wildman–Crippen MR) is 45.2 cm³/mol. The molecular formula is C9H11NO3. The molecule has 0 N–H and O–H groups in total. The van der Waals surface area contributed by atoms with Gasteiger partial charge in [0, 0.05) is 6.54 Å². The van der Waals surface area contributed by atoms with Crippen LogP contribution in [-0.2, 0) is 4.74 Å². The van der Waals surface area contributed by atoms with Gasteiger partial charge in [0.25, 0.3) is 5.91 Å². The maximum atomic E-state index is 11.7. The summed E-state index contributed by atoms with van der Waals surface area (Å²) in [6, 6.07) is 3.36. The van der Waals surface area contributed by atoms with Crippen LogP contribution in [0.1, 0.15) is 17.5 Å². The van der Waals surface area contributed by atoms with Gasteiger partial charge in [0.05, 0.1) is 12.9 Å². The molecule has 1 aliphatic heterocycles. The van der Waals surface area contributed by atoms with E-state index < -0.39 is 0 Å². The molecule has 1 saturated heterocycles. The van der Waals surface area contributed by atoms with Crippen LogP contribution in [0.4, 0.5) is 0 Å². The second-order valence-corrected chi connectivity index (χ2v) is 2.95. The lowest BCUT2D eigenvalue weighted by atomic mass is 10.3. The Kier molecular flexibility index (Phi) is 2.06. The Morgan fingerprint density at radius 3 is 3.08 bits per heavy atom. The van der Waals surface area contributed by atoms with Crippen LogP contribution >= 0.6 is 0 Å². The van der Waals surface area contributed by atoms with Crippen molar-refractivity contribution in [3.05, 3.63) is 24.2 Å². The summed E-state index contributed by atoms with van der Waals surface area (Å²) < 4.78 is 10.3. The second kappa shape index (κ2) is 3.22. The highest BCUT2D eigenvalue weighted by atomic mass is 16.5. The van der Waals surface area contributed by atoms with Gasteiger partial charge in [-0.05, 0) is 19.1 Å². The first-order valence-electron chi connectivity index (χ1n) is 4.25. The van der Waals surface area contributed by atoms with Crippen molar-refractivity contribution in [1.29, 1.82) is 0 Å². The highest BCUT2D eigenvalue weighted by Gasteiger charge is 2.27. The third-order valence-electron chi connectivity index (χ3n) is 2.12. The van der Waals surface area contributed by atoms with Gasteiger partial charge in [0.2, 0.25) is 0 Å². The van der Waals surface area contributed by atoms with Gasteiger partial charge < -0.3 is 14.1 Å². The lowest BCUT2D eigenvalue weighted by Gasteiger charge is -2.17. The second-order valence-electron chi connectivity index (χ2n) is 2.95. The zero-order valence-electron chi connectivity index (χ0n) is 7.40. The molecule has 70 valence electrons. The fourth-order valence-electron chi connectivity index (χ4n) is 1.40. The van der Waals surface area contributed by atoms with Crippen LogP contribution in [0.25, 0.3) is 0 Å². The lowest BCUT2D eigenvalue weighted by molar-refractivity contribution is 0.0355. The normalized spacial score (nSPS) is 22.2. The van der Waals surface area contributed by atoms with Gasteiger partial charge in [-0.2, -0.15) is 0 Å². The number of nitrogens with zero attached hydrogens (tertiary/aromatic N) is 1. The van der Waals surface area contributed by atoms with Crippen molar-refractivity contribution in [2.24, 2.45) is 0 Å². The van der Waals surface area contributed by atoms with Gasteiger partial charge in [-0.1, -0.05) is 0 Å². The Morgan fingerprint density at radius 2 is 2.54 bits per heavy atom. The van der Waals surface area contributed by atoms with E-state index in [0.717, 1.165) is 0 Å². The Labute approximate surface area is 76.1 Å². The van der Waals surface area contributed by atoms with Gasteiger partial charge >= 0.3 is 0 Å². The summed E-state index contributed by atoms with van der Waals surface area (Å²) in [6.45, 7) is 3.10. The number of amides is 1. The maximum Gasteiger partial charge on any atom is 0.291 e. The Balaban J connectivity index is 2.13. The van der Waals surface area contributed by atoms with Gasteiger partial charge in [-0.25, -0.2) is 0 Å². The van der Waals surface area contributed by atoms with Crippen molar-refractivity contribution in [2.75, 3.05) is 13.2 Å². The minimum Gasteiger partial charge on any atom is -0.459 e. The Morgan fingerprint density at radius 1 is 1.69 bits per heavy atom. The molecule has 1 fully saturated rings.